The molecule has 3 rings (SSSR count). The number of aromatic carboxylic acids is 1. The largest absolute Gasteiger partial charge is 0.478 e. The monoisotopic (exact) mass is 356 g/mol. The lowest BCUT2D eigenvalue weighted by molar-refractivity contribution is 0.0698. The van der Waals surface area contributed by atoms with Crippen LogP contribution in [0.15, 0.2) is 48.5 Å². The molecule has 0 radical (unpaired) electrons. The highest BCUT2D eigenvalue weighted by Gasteiger charge is 2.18. The Morgan fingerprint density at radius 3 is 2.64 bits per heavy atom. The summed E-state index contributed by atoms with van der Waals surface area (Å²) >= 11 is 6.25. The first-order valence-electron chi connectivity index (χ1n) is 7.64. The summed E-state index contributed by atoms with van der Waals surface area (Å²) in [6.07, 6.45) is 0.603. The van der Waals surface area contributed by atoms with Gasteiger partial charge in [-0.3, -0.25) is 0 Å². The number of hydrogen-bond acceptors (Lipinski definition) is 4. The van der Waals surface area contributed by atoms with E-state index >= 15 is 0 Å². The SMILES string of the molecule is Nc1ccc(-c2nc(C(N)Cc3ccccc3)[nH]c2Cl)cc1C(=O)O. The van der Waals surface area contributed by atoms with Gasteiger partial charge < -0.3 is 21.6 Å². The number of halogens is 1. The first kappa shape index (κ1) is 17.0. The highest BCUT2D eigenvalue weighted by Crippen LogP contribution is 2.30. The fourth-order valence-corrected chi connectivity index (χ4v) is 2.84. The van der Waals surface area contributed by atoms with Crippen molar-refractivity contribution >= 4 is 23.3 Å². The number of H-pyrrole nitrogens is 1. The average molecular weight is 357 g/mol. The third kappa shape index (κ3) is 3.65. The van der Waals surface area contributed by atoms with Gasteiger partial charge in [-0.05, 0) is 24.1 Å². The van der Waals surface area contributed by atoms with Crippen LogP contribution < -0.4 is 11.5 Å². The minimum Gasteiger partial charge on any atom is -0.478 e. The van der Waals surface area contributed by atoms with Crippen LogP contribution in [0.5, 0.6) is 0 Å². The van der Waals surface area contributed by atoms with E-state index in [0.29, 0.717) is 28.7 Å². The van der Waals surface area contributed by atoms with Crippen LogP contribution >= 0.6 is 11.6 Å². The van der Waals surface area contributed by atoms with E-state index in [2.05, 4.69) is 9.97 Å². The van der Waals surface area contributed by atoms with Gasteiger partial charge >= 0.3 is 5.97 Å². The Hall–Kier alpha value is -2.83. The van der Waals surface area contributed by atoms with E-state index in [1.807, 2.05) is 30.3 Å². The van der Waals surface area contributed by atoms with E-state index in [0.717, 1.165) is 5.56 Å². The first-order valence-corrected chi connectivity index (χ1v) is 8.01. The van der Waals surface area contributed by atoms with E-state index in [1.54, 1.807) is 6.07 Å². The van der Waals surface area contributed by atoms with Crippen molar-refractivity contribution in [2.45, 2.75) is 12.5 Å². The number of carbonyl (C=O) groups is 1. The average Bonchev–Trinajstić information content (AvgIpc) is 2.98. The summed E-state index contributed by atoms with van der Waals surface area (Å²) in [6, 6.07) is 14.1. The molecule has 1 unspecified atom stereocenters. The summed E-state index contributed by atoms with van der Waals surface area (Å²) in [6.45, 7) is 0. The number of imidazole rings is 1. The number of nitrogens with one attached hydrogen (secondary N) is 1. The van der Waals surface area contributed by atoms with Crippen molar-refractivity contribution in [1.29, 1.82) is 0 Å². The van der Waals surface area contributed by atoms with Crippen LogP contribution in [0.1, 0.15) is 27.8 Å². The maximum Gasteiger partial charge on any atom is 0.337 e. The number of nitrogens with zero attached hydrogens (tertiary/aromatic N) is 1. The van der Waals surface area contributed by atoms with E-state index < -0.39 is 5.97 Å². The molecule has 7 heteroatoms. The van der Waals surface area contributed by atoms with E-state index in [1.165, 1.54) is 12.1 Å². The number of benzene rings is 2. The minimum absolute atomic E-state index is 0.00620. The van der Waals surface area contributed by atoms with Crippen LogP contribution in [0.2, 0.25) is 5.15 Å². The van der Waals surface area contributed by atoms with Crippen LogP contribution in [0.3, 0.4) is 0 Å². The summed E-state index contributed by atoms with van der Waals surface area (Å²) in [5, 5.41) is 9.51. The van der Waals surface area contributed by atoms with Gasteiger partial charge in [0.2, 0.25) is 0 Å². The molecule has 0 fully saturated rings. The lowest BCUT2D eigenvalue weighted by Crippen LogP contribution is -2.15. The topological polar surface area (TPSA) is 118 Å². The second-order valence-electron chi connectivity index (χ2n) is 5.69. The Morgan fingerprint density at radius 1 is 1.24 bits per heavy atom. The van der Waals surface area contributed by atoms with Crippen molar-refractivity contribution in [1.82, 2.24) is 9.97 Å². The smallest absolute Gasteiger partial charge is 0.337 e. The van der Waals surface area contributed by atoms with E-state index in [-0.39, 0.29) is 17.3 Å². The van der Waals surface area contributed by atoms with Crippen LogP contribution in [0, 0.1) is 0 Å². The summed E-state index contributed by atoms with van der Waals surface area (Å²) in [5.74, 6) is -0.565. The van der Waals surface area contributed by atoms with Gasteiger partial charge in [-0.15, -0.1) is 0 Å². The zero-order chi connectivity index (χ0) is 18.0. The number of carboxylic acid groups (broad SMARTS) is 1. The number of nitrogen functional groups attached to an aromatic ring is 1. The van der Waals surface area contributed by atoms with Gasteiger partial charge in [0.05, 0.1) is 11.6 Å². The molecule has 2 aromatic carbocycles. The summed E-state index contributed by atoms with van der Waals surface area (Å²) in [5.41, 5.74) is 14.2. The number of hydrogen-bond donors (Lipinski definition) is 4. The van der Waals surface area contributed by atoms with Crippen LogP contribution in [-0.4, -0.2) is 21.0 Å². The maximum atomic E-state index is 11.2. The summed E-state index contributed by atoms with van der Waals surface area (Å²) < 4.78 is 0. The Kier molecular flexibility index (Phi) is 4.74. The van der Waals surface area contributed by atoms with Gasteiger partial charge in [0.25, 0.3) is 0 Å². The Balaban J connectivity index is 1.90. The van der Waals surface area contributed by atoms with Gasteiger partial charge in [-0.1, -0.05) is 48.0 Å². The zero-order valence-corrected chi connectivity index (χ0v) is 14.0. The molecule has 25 heavy (non-hydrogen) atoms. The molecule has 0 aliphatic carbocycles. The summed E-state index contributed by atoms with van der Waals surface area (Å²) in [4.78, 5) is 18.7. The second-order valence-corrected chi connectivity index (χ2v) is 6.07. The third-order valence-electron chi connectivity index (χ3n) is 3.88. The van der Waals surface area contributed by atoms with Crippen molar-refractivity contribution in [3.63, 3.8) is 0 Å². The zero-order valence-electron chi connectivity index (χ0n) is 13.2. The second kappa shape index (κ2) is 6.96. The molecule has 1 atom stereocenters. The molecule has 0 aliphatic rings. The molecule has 0 aliphatic heterocycles. The molecule has 1 heterocycles. The van der Waals surface area contributed by atoms with Crippen molar-refractivity contribution in [3.8, 4) is 11.3 Å². The van der Waals surface area contributed by atoms with Gasteiger partial charge in [0.1, 0.15) is 16.7 Å². The predicted molar refractivity (Wildman–Crippen MR) is 97.5 cm³/mol. The maximum absolute atomic E-state index is 11.2. The van der Waals surface area contributed by atoms with Gasteiger partial charge in [0, 0.05) is 11.3 Å². The first-order chi connectivity index (χ1) is 12.0. The van der Waals surface area contributed by atoms with Crippen LogP contribution in [0.4, 0.5) is 5.69 Å². The number of aromatic amines is 1. The third-order valence-corrected chi connectivity index (χ3v) is 4.16. The minimum atomic E-state index is -1.10. The fraction of sp³-hybridized carbons (Fsp3) is 0.111. The molecule has 0 bridgehead atoms. The Labute approximate surface area is 149 Å². The number of rotatable bonds is 5. The Morgan fingerprint density at radius 2 is 1.96 bits per heavy atom. The lowest BCUT2D eigenvalue weighted by Gasteiger charge is -2.08. The summed E-state index contributed by atoms with van der Waals surface area (Å²) in [7, 11) is 0. The van der Waals surface area contributed by atoms with Crippen LogP contribution in [0.25, 0.3) is 11.3 Å². The van der Waals surface area contributed by atoms with Crippen molar-refractivity contribution < 1.29 is 9.90 Å². The highest BCUT2D eigenvalue weighted by atomic mass is 35.5. The van der Waals surface area contributed by atoms with E-state index in [4.69, 9.17) is 23.1 Å². The van der Waals surface area contributed by atoms with Crippen molar-refractivity contribution in [2.75, 3.05) is 5.73 Å². The van der Waals surface area contributed by atoms with Gasteiger partial charge in [-0.2, -0.15) is 0 Å². The molecule has 0 saturated heterocycles. The molecule has 0 amide bonds. The molecular weight excluding hydrogens is 340 g/mol. The molecule has 1 aromatic heterocycles. The van der Waals surface area contributed by atoms with Crippen molar-refractivity contribution in [3.05, 3.63) is 70.6 Å². The van der Waals surface area contributed by atoms with Gasteiger partial charge in [-0.25, -0.2) is 9.78 Å². The lowest BCUT2D eigenvalue weighted by atomic mass is 10.1. The molecule has 6 nitrogen and oxygen atoms in total. The van der Waals surface area contributed by atoms with Crippen molar-refractivity contribution in [2.24, 2.45) is 5.73 Å². The fourth-order valence-electron chi connectivity index (χ4n) is 2.59. The quantitative estimate of drug-likeness (QED) is 0.523. The molecule has 3 aromatic rings. The Bertz CT molecular complexity index is 909. The van der Waals surface area contributed by atoms with E-state index in [9.17, 15) is 9.90 Å². The van der Waals surface area contributed by atoms with Crippen LogP contribution in [-0.2, 0) is 6.42 Å². The molecular formula is C18H17ClN4O2. The normalized spacial score (nSPS) is 12.1. The molecule has 128 valence electrons. The molecule has 0 saturated carbocycles. The molecule has 6 N–H and O–H groups in total. The standard InChI is InChI=1S/C18H17ClN4O2/c19-16-15(11-6-7-13(20)12(9-11)18(24)25)22-17(23-16)14(21)8-10-4-2-1-3-5-10/h1-7,9,14H,8,20-21H2,(H,22,23)(H,24,25). The predicted octanol–water partition coefficient (Wildman–Crippen LogP) is 3.25. The number of anilines is 1. The van der Waals surface area contributed by atoms with Gasteiger partial charge in [0.15, 0.2) is 0 Å². The number of nitrogens with two attached hydrogens (primary N) is 2. The number of aromatic nitrogens is 2. The number of carboxylic acids is 1. The highest BCUT2D eigenvalue weighted by molar-refractivity contribution is 6.32. The molecule has 0 spiro atoms.